The monoisotopic (exact) mass is 247 g/mol. The van der Waals surface area contributed by atoms with Crippen LogP contribution in [0.2, 0.25) is 5.02 Å². The number of aromatic nitrogens is 3. The van der Waals surface area contributed by atoms with Crippen LogP contribution in [0.3, 0.4) is 0 Å². The van der Waals surface area contributed by atoms with Crippen LogP contribution in [-0.4, -0.2) is 21.3 Å². The Labute approximate surface area is 103 Å². The maximum atomic E-state index is 8.68. The number of halogens is 1. The SMILES string of the molecule is N#Cc1ncn(C(CN)c2cccc(Cl)c2)n1. The maximum absolute atomic E-state index is 8.68. The number of nitrogens with two attached hydrogens (primary N) is 1. The van der Waals surface area contributed by atoms with E-state index in [2.05, 4.69) is 10.1 Å². The van der Waals surface area contributed by atoms with Crippen molar-refractivity contribution in [2.45, 2.75) is 6.04 Å². The molecule has 5 nitrogen and oxygen atoms in total. The molecule has 1 atom stereocenters. The van der Waals surface area contributed by atoms with E-state index in [-0.39, 0.29) is 11.9 Å². The van der Waals surface area contributed by atoms with Gasteiger partial charge < -0.3 is 5.73 Å². The van der Waals surface area contributed by atoms with E-state index in [0.29, 0.717) is 11.6 Å². The van der Waals surface area contributed by atoms with E-state index in [9.17, 15) is 0 Å². The Morgan fingerprint density at radius 2 is 2.35 bits per heavy atom. The molecule has 1 heterocycles. The third-order valence-corrected chi connectivity index (χ3v) is 2.62. The van der Waals surface area contributed by atoms with Crippen molar-refractivity contribution in [3.8, 4) is 6.07 Å². The minimum absolute atomic E-state index is 0.130. The van der Waals surface area contributed by atoms with Gasteiger partial charge in [0.1, 0.15) is 12.4 Å². The summed E-state index contributed by atoms with van der Waals surface area (Å²) < 4.78 is 1.57. The van der Waals surface area contributed by atoms with E-state index in [1.165, 1.54) is 6.33 Å². The van der Waals surface area contributed by atoms with Gasteiger partial charge in [-0.1, -0.05) is 23.7 Å². The van der Waals surface area contributed by atoms with Gasteiger partial charge in [-0.15, -0.1) is 5.10 Å². The van der Waals surface area contributed by atoms with Gasteiger partial charge in [-0.3, -0.25) is 0 Å². The first-order valence-electron chi connectivity index (χ1n) is 5.01. The summed E-state index contributed by atoms with van der Waals surface area (Å²) in [5, 5.41) is 13.3. The smallest absolute Gasteiger partial charge is 0.252 e. The molecule has 86 valence electrons. The fraction of sp³-hybridized carbons (Fsp3) is 0.182. The van der Waals surface area contributed by atoms with Gasteiger partial charge in [-0.2, -0.15) is 5.26 Å². The van der Waals surface area contributed by atoms with Gasteiger partial charge in [0.2, 0.25) is 0 Å². The van der Waals surface area contributed by atoms with E-state index in [0.717, 1.165) is 5.56 Å². The third kappa shape index (κ3) is 2.44. The number of hydrogen-bond donors (Lipinski definition) is 1. The quantitative estimate of drug-likeness (QED) is 0.888. The Kier molecular flexibility index (Phi) is 3.38. The van der Waals surface area contributed by atoms with E-state index in [1.807, 2.05) is 24.3 Å². The second-order valence-corrected chi connectivity index (χ2v) is 3.90. The van der Waals surface area contributed by atoms with Crippen molar-refractivity contribution in [1.29, 1.82) is 5.26 Å². The summed E-state index contributed by atoms with van der Waals surface area (Å²) in [6.07, 6.45) is 1.50. The highest BCUT2D eigenvalue weighted by molar-refractivity contribution is 6.30. The topological polar surface area (TPSA) is 80.5 Å². The largest absolute Gasteiger partial charge is 0.328 e. The lowest BCUT2D eigenvalue weighted by Gasteiger charge is -2.15. The third-order valence-electron chi connectivity index (χ3n) is 2.38. The van der Waals surface area contributed by atoms with Crippen LogP contribution >= 0.6 is 11.6 Å². The zero-order valence-corrected chi connectivity index (χ0v) is 9.67. The second-order valence-electron chi connectivity index (χ2n) is 3.47. The van der Waals surface area contributed by atoms with Crippen LogP contribution in [0.5, 0.6) is 0 Å². The summed E-state index contributed by atoms with van der Waals surface area (Å²) in [4.78, 5) is 3.85. The maximum Gasteiger partial charge on any atom is 0.252 e. The van der Waals surface area contributed by atoms with Gasteiger partial charge >= 0.3 is 0 Å². The van der Waals surface area contributed by atoms with Gasteiger partial charge in [0.05, 0.1) is 6.04 Å². The number of nitrogens with zero attached hydrogens (tertiary/aromatic N) is 4. The Balaban J connectivity index is 2.37. The molecule has 0 aliphatic carbocycles. The molecule has 6 heteroatoms. The van der Waals surface area contributed by atoms with Crippen LogP contribution in [0.15, 0.2) is 30.6 Å². The predicted molar refractivity (Wildman–Crippen MR) is 63.4 cm³/mol. The highest BCUT2D eigenvalue weighted by Gasteiger charge is 2.14. The first kappa shape index (κ1) is 11.6. The Morgan fingerprint density at radius 3 is 2.94 bits per heavy atom. The molecule has 2 rings (SSSR count). The molecule has 0 saturated carbocycles. The van der Waals surface area contributed by atoms with Crippen molar-refractivity contribution in [2.75, 3.05) is 6.54 Å². The molecular weight excluding hydrogens is 238 g/mol. The molecule has 2 N–H and O–H groups in total. The van der Waals surface area contributed by atoms with Crippen LogP contribution in [0, 0.1) is 11.3 Å². The summed E-state index contributed by atoms with van der Waals surface area (Å²) in [6.45, 7) is 0.356. The van der Waals surface area contributed by atoms with Gasteiger partial charge in [0, 0.05) is 11.6 Å². The summed E-state index contributed by atoms with van der Waals surface area (Å²) in [5.41, 5.74) is 6.66. The molecule has 0 aliphatic rings. The highest BCUT2D eigenvalue weighted by atomic mass is 35.5. The zero-order valence-electron chi connectivity index (χ0n) is 8.92. The van der Waals surface area contributed by atoms with Crippen LogP contribution in [-0.2, 0) is 0 Å². The fourth-order valence-electron chi connectivity index (χ4n) is 1.59. The van der Waals surface area contributed by atoms with Crippen molar-refractivity contribution in [3.63, 3.8) is 0 Å². The average Bonchev–Trinajstić information content (AvgIpc) is 2.79. The molecule has 1 aromatic heterocycles. The number of nitriles is 1. The summed E-state index contributed by atoms with van der Waals surface area (Å²) in [6, 6.07) is 9.10. The molecule has 2 aromatic rings. The lowest BCUT2D eigenvalue weighted by molar-refractivity contribution is 0.529. The minimum atomic E-state index is -0.164. The average molecular weight is 248 g/mol. The number of hydrogen-bond acceptors (Lipinski definition) is 4. The van der Waals surface area contributed by atoms with Crippen molar-refractivity contribution < 1.29 is 0 Å². The zero-order chi connectivity index (χ0) is 12.3. The van der Waals surface area contributed by atoms with Gasteiger partial charge in [0.25, 0.3) is 5.82 Å². The van der Waals surface area contributed by atoms with Gasteiger partial charge in [-0.25, -0.2) is 9.67 Å². The van der Waals surface area contributed by atoms with Gasteiger partial charge in [-0.05, 0) is 17.7 Å². The molecule has 17 heavy (non-hydrogen) atoms. The second kappa shape index (κ2) is 4.95. The van der Waals surface area contributed by atoms with Crippen molar-refractivity contribution in [2.24, 2.45) is 5.73 Å². The van der Waals surface area contributed by atoms with Crippen LogP contribution in [0.4, 0.5) is 0 Å². The van der Waals surface area contributed by atoms with E-state index < -0.39 is 0 Å². The minimum Gasteiger partial charge on any atom is -0.328 e. The molecular formula is C11H10ClN5. The van der Waals surface area contributed by atoms with E-state index >= 15 is 0 Å². The lowest BCUT2D eigenvalue weighted by atomic mass is 10.1. The fourth-order valence-corrected chi connectivity index (χ4v) is 1.79. The normalized spacial score (nSPS) is 12.1. The molecule has 0 fully saturated rings. The molecule has 0 saturated heterocycles. The number of benzene rings is 1. The number of rotatable bonds is 3. The molecule has 1 aromatic carbocycles. The van der Waals surface area contributed by atoms with Crippen molar-refractivity contribution in [3.05, 3.63) is 47.0 Å². The van der Waals surface area contributed by atoms with Crippen molar-refractivity contribution in [1.82, 2.24) is 14.8 Å². The molecule has 0 bridgehead atoms. The van der Waals surface area contributed by atoms with Gasteiger partial charge in [0.15, 0.2) is 0 Å². The van der Waals surface area contributed by atoms with Crippen LogP contribution in [0.25, 0.3) is 0 Å². The van der Waals surface area contributed by atoms with Crippen molar-refractivity contribution >= 4 is 11.6 Å². The molecule has 0 spiro atoms. The summed E-state index contributed by atoms with van der Waals surface area (Å²) in [7, 11) is 0. The molecule has 0 amide bonds. The molecule has 0 aliphatic heterocycles. The molecule has 1 unspecified atom stereocenters. The highest BCUT2D eigenvalue weighted by Crippen LogP contribution is 2.19. The molecule has 0 radical (unpaired) electrons. The Morgan fingerprint density at radius 1 is 1.53 bits per heavy atom. The first-order chi connectivity index (χ1) is 8.24. The predicted octanol–water partition coefficient (Wildman–Crippen LogP) is 1.35. The summed E-state index contributed by atoms with van der Waals surface area (Å²) >= 11 is 5.93. The standard InChI is InChI=1S/C11H10ClN5/c12-9-3-1-2-8(4-9)10(5-13)17-7-15-11(6-14)16-17/h1-4,7,10H,5,13H2. The first-order valence-corrected chi connectivity index (χ1v) is 5.39. The lowest BCUT2D eigenvalue weighted by Crippen LogP contribution is -2.21. The Hall–Kier alpha value is -1.90. The summed E-state index contributed by atoms with van der Waals surface area (Å²) in [5.74, 6) is 0.130. The van der Waals surface area contributed by atoms with Crippen LogP contribution in [0.1, 0.15) is 17.4 Å². The van der Waals surface area contributed by atoms with Crippen LogP contribution < -0.4 is 5.73 Å². The Bertz CT molecular complexity index is 557. The van der Waals surface area contributed by atoms with E-state index in [4.69, 9.17) is 22.6 Å². The van der Waals surface area contributed by atoms with E-state index in [1.54, 1.807) is 10.7 Å².